The summed E-state index contributed by atoms with van der Waals surface area (Å²) >= 11 is 0. The van der Waals surface area contributed by atoms with Crippen LogP contribution in [0.5, 0.6) is 0 Å². The van der Waals surface area contributed by atoms with E-state index in [-0.39, 0.29) is 0 Å². The van der Waals surface area contributed by atoms with Crippen molar-refractivity contribution < 1.29 is 4.79 Å². The van der Waals surface area contributed by atoms with Crippen LogP contribution in [-0.4, -0.2) is 24.4 Å². The van der Waals surface area contributed by atoms with E-state index in [1.807, 2.05) is 6.07 Å². The fourth-order valence-electron chi connectivity index (χ4n) is 1.70. The van der Waals surface area contributed by atoms with Crippen LogP contribution in [0, 0.1) is 0 Å². The molecular formula is C12H14N2O. The first-order chi connectivity index (χ1) is 7.38. The van der Waals surface area contributed by atoms with Gasteiger partial charge in [-0.1, -0.05) is 17.7 Å². The highest BCUT2D eigenvalue weighted by atomic mass is 16.1. The topological polar surface area (TPSA) is 42.0 Å². The van der Waals surface area contributed by atoms with E-state index < -0.39 is 0 Å². The van der Waals surface area contributed by atoms with Crippen LogP contribution < -0.4 is 5.32 Å². The minimum Gasteiger partial charge on any atom is -0.316 e. The first-order valence-corrected chi connectivity index (χ1v) is 5.20. The van der Waals surface area contributed by atoms with E-state index in [0.717, 1.165) is 37.8 Å². The number of aldehydes is 1. The zero-order valence-corrected chi connectivity index (χ0v) is 8.57. The molecule has 2 heterocycles. The molecule has 3 heteroatoms. The molecule has 1 fully saturated rings. The van der Waals surface area contributed by atoms with Crippen LogP contribution in [0.1, 0.15) is 28.9 Å². The molecule has 0 spiro atoms. The van der Waals surface area contributed by atoms with Crippen molar-refractivity contribution in [2.75, 3.05) is 13.1 Å². The summed E-state index contributed by atoms with van der Waals surface area (Å²) in [5, 5.41) is 3.32. The Hall–Kier alpha value is -1.48. The number of rotatable bonds is 2. The van der Waals surface area contributed by atoms with Crippen molar-refractivity contribution in [3.8, 4) is 0 Å². The summed E-state index contributed by atoms with van der Waals surface area (Å²) in [6.07, 6.45) is 6.90. The molecule has 1 aromatic rings. The minimum atomic E-state index is 0.488. The number of hydrogen-bond acceptors (Lipinski definition) is 3. The zero-order chi connectivity index (χ0) is 10.5. The molecule has 1 aliphatic heterocycles. The molecule has 0 aliphatic carbocycles. The minimum absolute atomic E-state index is 0.488. The molecular weight excluding hydrogens is 188 g/mol. The average molecular weight is 202 g/mol. The van der Waals surface area contributed by atoms with Gasteiger partial charge < -0.3 is 5.32 Å². The van der Waals surface area contributed by atoms with E-state index in [9.17, 15) is 4.79 Å². The number of nitrogens with zero attached hydrogens (tertiary/aromatic N) is 1. The fraction of sp³-hybridized carbons (Fsp3) is 0.333. The molecule has 0 bridgehead atoms. The van der Waals surface area contributed by atoms with Gasteiger partial charge in [0.25, 0.3) is 0 Å². The van der Waals surface area contributed by atoms with Gasteiger partial charge in [-0.2, -0.15) is 0 Å². The largest absolute Gasteiger partial charge is 0.316 e. The molecule has 0 unspecified atom stereocenters. The first-order valence-electron chi connectivity index (χ1n) is 5.20. The lowest BCUT2D eigenvalue weighted by Gasteiger charge is -2.14. The normalized spacial score (nSPS) is 16.1. The van der Waals surface area contributed by atoms with Crippen LogP contribution in [-0.2, 0) is 0 Å². The molecule has 0 saturated carbocycles. The smallest absolute Gasteiger partial charge is 0.168 e. The van der Waals surface area contributed by atoms with Gasteiger partial charge in [0, 0.05) is 6.20 Å². The van der Waals surface area contributed by atoms with Crippen molar-refractivity contribution in [3.05, 3.63) is 35.2 Å². The van der Waals surface area contributed by atoms with Crippen molar-refractivity contribution >= 4 is 12.4 Å². The second-order valence-corrected chi connectivity index (χ2v) is 3.69. The van der Waals surface area contributed by atoms with Gasteiger partial charge in [-0.25, -0.2) is 0 Å². The monoisotopic (exact) mass is 202 g/mol. The molecule has 3 nitrogen and oxygen atoms in total. The molecule has 1 aromatic heterocycles. The van der Waals surface area contributed by atoms with Crippen LogP contribution >= 0.6 is 0 Å². The summed E-state index contributed by atoms with van der Waals surface area (Å²) in [6, 6.07) is 3.69. The quantitative estimate of drug-likeness (QED) is 0.742. The lowest BCUT2D eigenvalue weighted by molar-refractivity contribution is 0.111. The van der Waals surface area contributed by atoms with E-state index >= 15 is 0 Å². The van der Waals surface area contributed by atoms with Gasteiger partial charge in [-0.05, 0) is 37.6 Å². The Labute approximate surface area is 89.2 Å². The van der Waals surface area contributed by atoms with E-state index in [1.165, 1.54) is 5.57 Å². The molecule has 0 aromatic carbocycles. The van der Waals surface area contributed by atoms with Gasteiger partial charge >= 0.3 is 0 Å². The first kappa shape index (κ1) is 10.1. The Morgan fingerprint density at radius 3 is 2.67 bits per heavy atom. The number of piperidine rings is 1. The van der Waals surface area contributed by atoms with Gasteiger partial charge in [-0.3, -0.25) is 9.78 Å². The van der Waals surface area contributed by atoms with Gasteiger partial charge in [-0.15, -0.1) is 0 Å². The van der Waals surface area contributed by atoms with Crippen LogP contribution in [0.2, 0.25) is 0 Å². The summed E-state index contributed by atoms with van der Waals surface area (Å²) in [5.74, 6) is 0. The number of aromatic nitrogens is 1. The third kappa shape index (κ3) is 2.73. The van der Waals surface area contributed by atoms with Crippen LogP contribution in [0.15, 0.2) is 23.9 Å². The maximum absolute atomic E-state index is 10.4. The summed E-state index contributed by atoms with van der Waals surface area (Å²) in [5.41, 5.74) is 3.02. The Morgan fingerprint density at radius 1 is 1.27 bits per heavy atom. The molecule has 1 N–H and O–H groups in total. The molecule has 0 amide bonds. The van der Waals surface area contributed by atoms with Gasteiger partial charge in [0.15, 0.2) is 6.29 Å². The summed E-state index contributed by atoms with van der Waals surface area (Å²) < 4.78 is 0. The standard InChI is InChI=1S/C12H14N2O/c15-9-12-2-1-11(8-14-12)7-10-3-5-13-6-4-10/h1-2,7-9,13H,3-6H2. The Kier molecular flexibility index (Phi) is 3.25. The molecule has 1 aliphatic rings. The second-order valence-electron chi connectivity index (χ2n) is 3.69. The maximum Gasteiger partial charge on any atom is 0.168 e. The number of pyridine rings is 1. The SMILES string of the molecule is O=Cc1ccc(C=C2CCNCC2)cn1. The van der Waals surface area contributed by atoms with E-state index in [0.29, 0.717) is 5.69 Å². The average Bonchev–Trinajstić information content (AvgIpc) is 2.31. The van der Waals surface area contributed by atoms with Crippen molar-refractivity contribution in [1.29, 1.82) is 0 Å². The van der Waals surface area contributed by atoms with Crippen LogP contribution in [0.3, 0.4) is 0 Å². The number of carbonyl (C=O) groups excluding carboxylic acids is 1. The van der Waals surface area contributed by atoms with Crippen LogP contribution in [0.25, 0.3) is 6.08 Å². The van der Waals surface area contributed by atoms with E-state index in [1.54, 1.807) is 12.3 Å². The maximum atomic E-state index is 10.4. The van der Waals surface area contributed by atoms with Crippen molar-refractivity contribution in [2.45, 2.75) is 12.8 Å². The predicted molar refractivity (Wildman–Crippen MR) is 59.7 cm³/mol. The summed E-state index contributed by atoms with van der Waals surface area (Å²) in [6.45, 7) is 2.12. The summed E-state index contributed by atoms with van der Waals surface area (Å²) in [7, 11) is 0. The van der Waals surface area contributed by atoms with Gasteiger partial charge in [0.05, 0.1) is 0 Å². The molecule has 2 rings (SSSR count). The van der Waals surface area contributed by atoms with E-state index in [2.05, 4.69) is 16.4 Å². The highest BCUT2D eigenvalue weighted by Crippen LogP contribution is 2.14. The van der Waals surface area contributed by atoms with Gasteiger partial charge in [0.2, 0.25) is 0 Å². The molecule has 15 heavy (non-hydrogen) atoms. The Balaban J connectivity index is 2.11. The van der Waals surface area contributed by atoms with Crippen molar-refractivity contribution in [2.24, 2.45) is 0 Å². The molecule has 0 atom stereocenters. The third-order valence-electron chi connectivity index (χ3n) is 2.55. The molecule has 78 valence electrons. The predicted octanol–water partition coefficient (Wildman–Crippen LogP) is 1.66. The second kappa shape index (κ2) is 4.84. The van der Waals surface area contributed by atoms with Crippen molar-refractivity contribution in [3.63, 3.8) is 0 Å². The number of carbonyl (C=O) groups is 1. The molecule has 0 radical (unpaired) electrons. The Bertz CT molecular complexity index is 360. The summed E-state index contributed by atoms with van der Waals surface area (Å²) in [4.78, 5) is 14.5. The number of nitrogens with one attached hydrogen (secondary N) is 1. The third-order valence-corrected chi connectivity index (χ3v) is 2.55. The van der Waals surface area contributed by atoms with Crippen molar-refractivity contribution in [1.82, 2.24) is 10.3 Å². The van der Waals surface area contributed by atoms with Crippen LogP contribution in [0.4, 0.5) is 0 Å². The Morgan fingerprint density at radius 2 is 2.07 bits per heavy atom. The highest BCUT2D eigenvalue weighted by molar-refractivity contribution is 5.72. The fourth-order valence-corrected chi connectivity index (χ4v) is 1.70. The van der Waals surface area contributed by atoms with Gasteiger partial charge in [0.1, 0.15) is 5.69 Å². The lowest BCUT2D eigenvalue weighted by atomic mass is 10.0. The zero-order valence-electron chi connectivity index (χ0n) is 8.57. The highest BCUT2D eigenvalue weighted by Gasteiger charge is 2.04. The number of hydrogen-bond donors (Lipinski definition) is 1. The van der Waals surface area contributed by atoms with E-state index in [4.69, 9.17) is 0 Å². The molecule has 1 saturated heterocycles. The lowest BCUT2D eigenvalue weighted by Crippen LogP contribution is -2.22.